The number of rotatable bonds is 3. The second kappa shape index (κ2) is 12.4. The molecule has 0 fully saturated rings. The van der Waals surface area contributed by atoms with Crippen LogP contribution in [-0.2, 0) is 4.79 Å². The molecule has 0 saturated heterocycles. The molecule has 0 saturated carbocycles. The molecule has 0 rings (SSSR count). The minimum absolute atomic E-state index is 0.833. The SMILES string of the molecule is CC(=O)O.CCCC=CC=CN. The number of carbonyl (C=O) groups is 1. The topological polar surface area (TPSA) is 63.3 Å². The Morgan fingerprint density at radius 3 is 2.33 bits per heavy atom. The van der Waals surface area contributed by atoms with Gasteiger partial charge < -0.3 is 10.8 Å². The zero-order valence-corrected chi connectivity index (χ0v) is 7.66. The Kier molecular flexibility index (Phi) is 13.8. The van der Waals surface area contributed by atoms with E-state index in [1.807, 2.05) is 12.2 Å². The monoisotopic (exact) mass is 171 g/mol. The number of carboxylic acid groups (broad SMARTS) is 1. The first-order valence-electron chi connectivity index (χ1n) is 3.88. The largest absolute Gasteiger partial charge is 0.481 e. The number of unbranched alkanes of at least 4 members (excludes halogenated alkanes) is 1. The summed E-state index contributed by atoms with van der Waals surface area (Å²) in [6.07, 6.45) is 9.77. The van der Waals surface area contributed by atoms with E-state index in [0.717, 1.165) is 13.3 Å². The average Bonchev–Trinajstić information content (AvgIpc) is 1.97. The second-order valence-corrected chi connectivity index (χ2v) is 2.12. The summed E-state index contributed by atoms with van der Waals surface area (Å²) in [6.45, 7) is 3.23. The summed E-state index contributed by atoms with van der Waals surface area (Å²) in [5, 5.41) is 7.42. The van der Waals surface area contributed by atoms with E-state index in [2.05, 4.69) is 13.0 Å². The number of nitrogens with two attached hydrogens (primary N) is 1. The van der Waals surface area contributed by atoms with Gasteiger partial charge in [0.1, 0.15) is 0 Å². The van der Waals surface area contributed by atoms with Gasteiger partial charge >= 0.3 is 0 Å². The van der Waals surface area contributed by atoms with Crippen LogP contribution in [0.3, 0.4) is 0 Å². The number of carboxylic acids is 1. The Morgan fingerprint density at radius 2 is 2.00 bits per heavy atom. The first kappa shape index (κ1) is 13.3. The molecular formula is C9H17NO2. The first-order chi connectivity index (χ1) is 5.65. The first-order valence-corrected chi connectivity index (χ1v) is 3.88. The maximum Gasteiger partial charge on any atom is 0.300 e. The average molecular weight is 171 g/mol. The molecule has 0 aliphatic rings. The summed E-state index contributed by atoms with van der Waals surface area (Å²) in [7, 11) is 0. The van der Waals surface area contributed by atoms with Gasteiger partial charge in [-0.3, -0.25) is 4.79 Å². The second-order valence-electron chi connectivity index (χ2n) is 2.12. The Hall–Kier alpha value is -1.25. The lowest BCUT2D eigenvalue weighted by molar-refractivity contribution is -0.134. The molecule has 0 unspecified atom stereocenters. The van der Waals surface area contributed by atoms with E-state index in [1.54, 1.807) is 0 Å². The molecule has 3 heteroatoms. The van der Waals surface area contributed by atoms with Gasteiger partial charge in [-0.25, -0.2) is 0 Å². The molecule has 0 radical (unpaired) electrons. The van der Waals surface area contributed by atoms with Gasteiger partial charge in [0.2, 0.25) is 0 Å². The van der Waals surface area contributed by atoms with Crippen molar-refractivity contribution in [3.63, 3.8) is 0 Å². The van der Waals surface area contributed by atoms with Crippen molar-refractivity contribution in [3.8, 4) is 0 Å². The van der Waals surface area contributed by atoms with Crippen molar-refractivity contribution < 1.29 is 9.90 Å². The smallest absolute Gasteiger partial charge is 0.300 e. The highest BCUT2D eigenvalue weighted by Crippen LogP contribution is 1.87. The van der Waals surface area contributed by atoms with E-state index in [-0.39, 0.29) is 0 Å². The number of allylic oxidation sites excluding steroid dienone is 3. The van der Waals surface area contributed by atoms with Crippen molar-refractivity contribution in [1.29, 1.82) is 0 Å². The maximum absolute atomic E-state index is 9.00. The van der Waals surface area contributed by atoms with Gasteiger partial charge in [0.15, 0.2) is 0 Å². The van der Waals surface area contributed by atoms with Gasteiger partial charge in [0.25, 0.3) is 5.97 Å². The highest BCUT2D eigenvalue weighted by molar-refractivity contribution is 5.62. The molecule has 3 N–H and O–H groups in total. The zero-order valence-electron chi connectivity index (χ0n) is 7.66. The van der Waals surface area contributed by atoms with Gasteiger partial charge in [-0.05, 0) is 18.7 Å². The molecule has 0 aromatic rings. The fourth-order valence-corrected chi connectivity index (χ4v) is 0.406. The van der Waals surface area contributed by atoms with Crippen LogP contribution in [0.2, 0.25) is 0 Å². The Bertz CT molecular complexity index is 147. The van der Waals surface area contributed by atoms with Gasteiger partial charge in [-0.1, -0.05) is 25.5 Å². The van der Waals surface area contributed by atoms with Gasteiger partial charge in [-0.15, -0.1) is 0 Å². The van der Waals surface area contributed by atoms with Crippen LogP contribution in [0.1, 0.15) is 26.7 Å². The molecule has 0 heterocycles. The highest BCUT2D eigenvalue weighted by Gasteiger charge is 1.67. The van der Waals surface area contributed by atoms with E-state index >= 15 is 0 Å². The molecule has 0 spiro atoms. The minimum Gasteiger partial charge on any atom is -0.481 e. The molecule has 0 atom stereocenters. The van der Waals surface area contributed by atoms with Crippen LogP contribution in [-0.4, -0.2) is 11.1 Å². The molecule has 0 aromatic heterocycles. The fourth-order valence-electron chi connectivity index (χ4n) is 0.406. The number of hydrogen-bond donors (Lipinski definition) is 2. The highest BCUT2D eigenvalue weighted by atomic mass is 16.4. The van der Waals surface area contributed by atoms with E-state index in [4.69, 9.17) is 15.6 Å². The van der Waals surface area contributed by atoms with Gasteiger partial charge in [0, 0.05) is 6.92 Å². The molecule has 70 valence electrons. The third-order valence-electron chi connectivity index (χ3n) is 0.814. The summed E-state index contributed by atoms with van der Waals surface area (Å²) in [5.41, 5.74) is 5.08. The van der Waals surface area contributed by atoms with Crippen LogP contribution in [0.15, 0.2) is 24.4 Å². The van der Waals surface area contributed by atoms with Crippen LogP contribution in [0.25, 0.3) is 0 Å². The summed E-state index contributed by atoms with van der Waals surface area (Å²) >= 11 is 0. The van der Waals surface area contributed by atoms with Gasteiger partial charge in [-0.2, -0.15) is 0 Å². The van der Waals surface area contributed by atoms with Crippen LogP contribution < -0.4 is 5.73 Å². The third-order valence-corrected chi connectivity index (χ3v) is 0.814. The molecule has 12 heavy (non-hydrogen) atoms. The van der Waals surface area contributed by atoms with E-state index in [1.165, 1.54) is 12.6 Å². The summed E-state index contributed by atoms with van der Waals surface area (Å²) in [4.78, 5) is 9.00. The molecule has 0 aromatic carbocycles. The quantitative estimate of drug-likeness (QED) is 0.637. The normalized spacial score (nSPS) is 9.83. The van der Waals surface area contributed by atoms with Crippen molar-refractivity contribution in [1.82, 2.24) is 0 Å². The zero-order chi connectivity index (χ0) is 9.82. The Morgan fingerprint density at radius 1 is 1.50 bits per heavy atom. The summed E-state index contributed by atoms with van der Waals surface area (Å²) in [5.74, 6) is -0.833. The minimum atomic E-state index is -0.833. The number of hydrogen-bond acceptors (Lipinski definition) is 2. The molecule has 0 amide bonds. The van der Waals surface area contributed by atoms with Crippen molar-refractivity contribution >= 4 is 5.97 Å². The predicted octanol–water partition coefficient (Wildman–Crippen LogP) is 1.91. The molecule has 0 aliphatic carbocycles. The van der Waals surface area contributed by atoms with Crippen LogP contribution >= 0.6 is 0 Å². The van der Waals surface area contributed by atoms with E-state index in [9.17, 15) is 0 Å². The molecule has 0 bridgehead atoms. The molecule has 3 nitrogen and oxygen atoms in total. The van der Waals surface area contributed by atoms with Crippen molar-refractivity contribution in [3.05, 3.63) is 24.4 Å². The maximum atomic E-state index is 9.00. The summed E-state index contributed by atoms with van der Waals surface area (Å²) < 4.78 is 0. The Balaban J connectivity index is 0. The van der Waals surface area contributed by atoms with Crippen LogP contribution in [0, 0.1) is 0 Å². The lowest BCUT2D eigenvalue weighted by Gasteiger charge is -1.78. The van der Waals surface area contributed by atoms with Crippen molar-refractivity contribution in [2.75, 3.05) is 0 Å². The summed E-state index contributed by atoms with van der Waals surface area (Å²) in [6, 6.07) is 0. The fraction of sp³-hybridized carbons (Fsp3) is 0.444. The van der Waals surface area contributed by atoms with E-state index < -0.39 is 5.97 Å². The van der Waals surface area contributed by atoms with Crippen LogP contribution in [0.4, 0.5) is 0 Å². The van der Waals surface area contributed by atoms with E-state index in [0.29, 0.717) is 0 Å². The lowest BCUT2D eigenvalue weighted by atomic mass is 10.3. The molecular weight excluding hydrogens is 154 g/mol. The molecule has 0 aliphatic heterocycles. The van der Waals surface area contributed by atoms with Crippen molar-refractivity contribution in [2.24, 2.45) is 5.73 Å². The van der Waals surface area contributed by atoms with Crippen molar-refractivity contribution in [2.45, 2.75) is 26.7 Å². The third kappa shape index (κ3) is 37.4. The number of aliphatic carboxylic acids is 1. The van der Waals surface area contributed by atoms with Crippen LogP contribution in [0.5, 0.6) is 0 Å². The standard InChI is InChI=1S/C7H13N.C2H4O2/c1-2-3-4-5-6-7-8;1-2(3)4/h4-7H,2-3,8H2,1H3;1H3,(H,3,4). The predicted molar refractivity (Wildman–Crippen MR) is 50.7 cm³/mol. The lowest BCUT2D eigenvalue weighted by Crippen LogP contribution is -1.78. The van der Waals surface area contributed by atoms with Gasteiger partial charge in [0.05, 0.1) is 0 Å². The Labute approximate surface area is 73.6 Å².